The predicted octanol–water partition coefficient (Wildman–Crippen LogP) is 12.5. The van der Waals surface area contributed by atoms with Crippen molar-refractivity contribution >= 4 is 68.6 Å². The Bertz CT molecular complexity index is 2540. The Morgan fingerprint density at radius 3 is 1.81 bits per heavy atom. The van der Waals surface area contributed by atoms with Crippen molar-refractivity contribution in [3.63, 3.8) is 0 Å². The third kappa shape index (κ3) is 5.32. The molecule has 1 fully saturated rings. The van der Waals surface area contributed by atoms with Crippen LogP contribution in [0, 0.1) is 0 Å². The molecule has 286 valence electrons. The summed E-state index contributed by atoms with van der Waals surface area (Å²) in [6.45, 7) is 19.2. The molecule has 2 atom stereocenters. The van der Waals surface area contributed by atoms with E-state index in [2.05, 4.69) is 204 Å². The maximum absolute atomic E-state index is 2.79. The Balaban J connectivity index is 1.34. The van der Waals surface area contributed by atoms with Crippen LogP contribution in [0.1, 0.15) is 104 Å². The zero-order valence-electron chi connectivity index (χ0n) is 35.2. The number of fused-ring (bicyclic) bond motifs is 7. The van der Waals surface area contributed by atoms with Gasteiger partial charge in [-0.1, -0.05) is 147 Å². The SMILES string of the molecule is CC(C)(C)c1cccc(N2c3cc(C(C)(C)C)ccc3B3c4ccccc4N(c4ccccc4)c4cc(N5c6ccccc6C6(C)CCCCCC56C)cc2c43)c1. The van der Waals surface area contributed by atoms with E-state index in [0.29, 0.717) is 0 Å². The molecule has 3 heterocycles. The lowest BCUT2D eigenvalue weighted by Crippen LogP contribution is -2.61. The van der Waals surface area contributed by atoms with E-state index in [1.54, 1.807) is 0 Å². The highest BCUT2D eigenvalue weighted by molar-refractivity contribution is 7.00. The molecule has 0 aromatic heterocycles. The Morgan fingerprint density at radius 1 is 0.474 bits per heavy atom. The van der Waals surface area contributed by atoms with Crippen molar-refractivity contribution in [2.45, 2.75) is 109 Å². The van der Waals surface area contributed by atoms with Crippen molar-refractivity contribution in [1.29, 1.82) is 0 Å². The summed E-state index contributed by atoms with van der Waals surface area (Å²) in [4.78, 5) is 7.98. The minimum atomic E-state index is -0.0827. The summed E-state index contributed by atoms with van der Waals surface area (Å²) in [5.74, 6) is 0. The largest absolute Gasteiger partial charge is 0.334 e. The fraction of sp³-hybridized carbons (Fsp3) is 0.321. The monoisotopic (exact) mass is 745 g/mol. The molecule has 0 saturated heterocycles. The van der Waals surface area contributed by atoms with Crippen LogP contribution in [0.15, 0.2) is 133 Å². The summed E-state index contributed by atoms with van der Waals surface area (Å²) < 4.78 is 0. The van der Waals surface area contributed by atoms with Gasteiger partial charge in [-0.3, -0.25) is 0 Å². The van der Waals surface area contributed by atoms with Gasteiger partial charge in [0.1, 0.15) is 0 Å². The van der Waals surface area contributed by atoms with Crippen LogP contribution in [0.2, 0.25) is 0 Å². The maximum atomic E-state index is 2.79. The van der Waals surface area contributed by atoms with Crippen molar-refractivity contribution in [3.8, 4) is 0 Å². The molecule has 4 heteroatoms. The first-order valence-corrected chi connectivity index (χ1v) is 21.4. The summed E-state index contributed by atoms with van der Waals surface area (Å²) in [5, 5.41) is 0. The van der Waals surface area contributed by atoms with Gasteiger partial charge in [0.05, 0.1) is 5.54 Å². The molecular formula is C53H56BN3. The number of anilines is 8. The van der Waals surface area contributed by atoms with Gasteiger partial charge in [0.25, 0.3) is 6.71 Å². The molecule has 0 radical (unpaired) electrons. The fourth-order valence-corrected chi connectivity index (χ4v) is 11.0. The second-order valence-electron chi connectivity index (χ2n) is 19.7. The van der Waals surface area contributed by atoms with Crippen molar-refractivity contribution in [2.24, 2.45) is 0 Å². The van der Waals surface area contributed by atoms with Crippen LogP contribution >= 0.6 is 0 Å². The summed E-state index contributed by atoms with van der Waals surface area (Å²) in [5.41, 5.74) is 18.3. The van der Waals surface area contributed by atoms with Crippen molar-refractivity contribution in [1.82, 2.24) is 0 Å². The van der Waals surface area contributed by atoms with E-state index in [9.17, 15) is 0 Å². The van der Waals surface area contributed by atoms with Crippen molar-refractivity contribution in [2.75, 3.05) is 14.7 Å². The van der Waals surface area contributed by atoms with Crippen LogP contribution in [0.4, 0.5) is 45.5 Å². The zero-order chi connectivity index (χ0) is 39.5. The van der Waals surface area contributed by atoms with E-state index in [1.807, 2.05) is 0 Å². The van der Waals surface area contributed by atoms with Crippen molar-refractivity contribution in [3.05, 3.63) is 150 Å². The first-order chi connectivity index (χ1) is 27.3. The number of nitrogens with zero attached hydrogens (tertiary/aromatic N) is 3. The van der Waals surface area contributed by atoms with E-state index in [4.69, 9.17) is 0 Å². The van der Waals surface area contributed by atoms with Crippen LogP contribution < -0.4 is 31.1 Å². The van der Waals surface area contributed by atoms with E-state index in [0.717, 1.165) is 6.42 Å². The minimum Gasteiger partial charge on any atom is -0.334 e. The standard InChI is InChI=1S/C53H56BN3/c1-50(2,3)36-20-19-23-39(32-36)56-46-33-37(51(4,5)6)28-29-43(46)54-42-25-14-16-27-45(42)55(38-21-11-9-12-22-38)47-34-40(35-48(56)49(47)54)57-44-26-15-13-24-41(44)52(7)30-17-10-18-31-53(52,57)8/h9,11-16,19-29,32-35H,10,17-18,30-31H2,1-8H3. The molecule has 1 aliphatic carbocycles. The molecule has 0 spiro atoms. The van der Waals surface area contributed by atoms with Gasteiger partial charge in [-0.15, -0.1) is 0 Å². The van der Waals surface area contributed by atoms with Gasteiger partial charge < -0.3 is 14.7 Å². The Kier molecular flexibility index (Phi) is 8.02. The number of hydrogen-bond acceptors (Lipinski definition) is 3. The van der Waals surface area contributed by atoms with Crippen molar-refractivity contribution < 1.29 is 0 Å². The molecule has 10 rings (SSSR count). The summed E-state index contributed by atoms with van der Waals surface area (Å²) in [6.07, 6.45) is 6.17. The molecular weight excluding hydrogens is 689 g/mol. The van der Waals surface area contributed by atoms with E-state index < -0.39 is 0 Å². The lowest BCUT2D eigenvalue weighted by molar-refractivity contribution is 0.261. The highest BCUT2D eigenvalue weighted by Crippen LogP contribution is 2.61. The lowest BCUT2D eigenvalue weighted by atomic mass is 9.33. The average molecular weight is 746 g/mol. The quantitative estimate of drug-likeness (QED) is 0.167. The first-order valence-electron chi connectivity index (χ1n) is 21.4. The van der Waals surface area contributed by atoms with Gasteiger partial charge in [0.15, 0.2) is 0 Å². The van der Waals surface area contributed by atoms with Gasteiger partial charge in [0.2, 0.25) is 0 Å². The van der Waals surface area contributed by atoms with Gasteiger partial charge in [-0.2, -0.15) is 0 Å². The van der Waals surface area contributed by atoms with Crippen LogP contribution in [0.5, 0.6) is 0 Å². The van der Waals surface area contributed by atoms with E-state index >= 15 is 0 Å². The Hall–Kier alpha value is -5.22. The minimum absolute atomic E-state index is 0.00632. The van der Waals surface area contributed by atoms with Gasteiger partial charge in [-0.05, 0) is 118 Å². The Labute approximate surface area is 341 Å². The number of benzene rings is 6. The third-order valence-corrected chi connectivity index (χ3v) is 14.3. The molecule has 1 saturated carbocycles. The molecule has 3 aliphatic heterocycles. The molecule has 0 amide bonds. The first kappa shape index (κ1) is 36.1. The number of rotatable bonds is 3. The maximum Gasteiger partial charge on any atom is 0.252 e. The highest BCUT2D eigenvalue weighted by atomic mass is 15.3. The molecule has 6 aromatic carbocycles. The van der Waals surface area contributed by atoms with Gasteiger partial charge in [-0.25, -0.2) is 0 Å². The third-order valence-electron chi connectivity index (χ3n) is 14.3. The second kappa shape index (κ2) is 12.6. The highest BCUT2D eigenvalue weighted by Gasteiger charge is 2.57. The van der Waals surface area contributed by atoms with Crippen LogP contribution in [-0.4, -0.2) is 12.3 Å². The van der Waals surface area contributed by atoms with E-state index in [-0.39, 0.29) is 28.5 Å². The molecule has 4 aliphatic rings. The topological polar surface area (TPSA) is 9.72 Å². The average Bonchev–Trinajstić information content (AvgIpc) is 3.26. The van der Waals surface area contributed by atoms with Crippen LogP contribution in [-0.2, 0) is 16.2 Å². The van der Waals surface area contributed by atoms with Crippen LogP contribution in [0.3, 0.4) is 0 Å². The summed E-state index contributed by atoms with van der Waals surface area (Å²) in [7, 11) is 0. The predicted molar refractivity (Wildman–Crippen MR) is 245 cm³/mol. The van der Waals surface area contributed by atoms with Gasteiger partial charge in [0, 0.05) is 50.9 Å². The lowest BCUT2D eigenvalue weighted by Gasteiger charge is -2.48. The number of hydrogen-bond donors (Lipinski definition) is 0. The zero-order valence-corrected chi connectivity index (χ0v) is 35.2. The Morgan fingerprint density at radius 2 is 1.07 bits per heavy atom. The molecule has 0 bridgehead atoms. The molecule has 6 aromatic rings. The van der Waals surface area contributed by atoms with E-state index in [1.165, 1.54) is 104 Å². The molecule has 0 N–H and O–H groups in total. The van der Waals surface area contributed by atoms with Gasteiger partial charge >= 0.3 is 0 Å². The molecule has 57 heavy (non-hydrogen) atoms. The second-order valence-corrected chi connectivity index (χ2v) is 19.7. The smallest absolute Gasteiger partial charge is 0.252 e. The summed E-state index contributed by atoms with van der Waals surface area (Å²) in [6, 6.07) is 51.4. The fourth-order valence-electron chi connectivity index (χ4n) is 11.0. The molecule has 3 nitrogen and oxygen atoms in total. The molecule has 2 unspecified atom stereocenters. The number of para-hydroxylation sites is 3. The summed E-state index contributed by atoms with van der Waals surface area (Å²) >= 11 is 0. The normalized spacial score (nSPS) is 21.0. The van der Waals surface area contributed by atoms with Crippen LogP contribution in [0.25, 0.3) is 0 Å².